The Balaban J connectivity index is -0.000000405. The van der Waals surface area contributed by atoms with E-state index in [1.807, 2.05) is 0 Å². The maximum Gasteiger partial charge on any atom is 1.00 e. The molecular formula is C7H13NaO3. The number of carbonyl (C=O) groups excluding carboxylic acids is 1. The van der Waals surface area contributed by atoms with Crippen molar-refractivity contribution in [2.45, 2.75) is 13.3 Å². The molecule has 0 rings (SSSR count). The standard InChI is InChI=1S/C7H12O3.Na.H/c1-6(2)7(9)10-5-3-4-8;;/h8H,1,3-5H2,2H3;;/q;+1;-1. The van der Waals surface area contributed by atoms with Crippen LogP contribution in [0.3, 0.4) is 0 Å². The molecule has 3 nitrogen and oxygen atoms in total. The monoisotopic (exact) mass is 168 g/mol. The molecule has 0 atom stereocenters. The molecule has 0 aromatic heterocycles. The summed E-state index contributed by atoms with van der Waals surface area (Å²) in [5.74, 6) is -0.395. The second kappa shape index (κ2) is 8.27. The van der Waals surface area contributed by atoms with Crippen LogP contribution in [0.25, 0.3) is 0 Å². The van der Waals surface area contributed by atoms with Gasteiger partial charge in [-0.25, -0.2) is 4.79 Å². The first-order valence-corrected chi connectivity index (χ1v) is 3.12. The Morgan fingerprint density at radius 2 is 2.27 bits per heavy atom. The van der Waals surface area contributed by atoms with Crippen LogP contribution in [0.4, 0.5) is 0 Å². The molecule has 0 aromatic rings. The molecule has 0 aliphatic heterocycles. The number of ether oxygens (including phenoxy) is 1. The third-order valence-electron chi connectivity index (χ3n) is 0.884. The fraction of sp³-hybridized carbons (Fsp3) is 0.571. The maximum atomic E-state index is 10.6. The molecule has 0 fully saturated rings. The molecule has 0 aromatic carbocycles. The van der Waals surface area contributed by atoms with Gasteiger partial charge in [0.15, 0.2) is 0 Å². The molecular weight excluding hydrogens is 155 g/mol. The molecule has 0 saturated heterocycles. The SMILES string of the molecule is C=C(C)C(=O)OCCCO.[H-].[Na+]. The average molecular weight is 168 g/mol. The van der Waals surface area contributed by atoms with Crippen molar-refractivity contribution in [3.05, 3.63) is 12.2 Å². The Morgan fingerprint density at radius 3 is 2.64 bits per heavy atom. The number of rotatable bonds is 4. The van der Waals surface area contributed by atoms with Crippen LogP contribution in [-0.2, 0) is 9.53 Å². The molecule has 1 N–H and O–H groups in total. The Bertz CT molecular complexity index is 139. The molecule has 4 heteroatoms. The molecule has 60 valence electrons. The van der Waals surface area contributed by atoms with E-state index in [-0.39, 0.29) is 44.2 Å². The van der Waals surface area contributed by atoms with Crippen LogP contribution < -0.4 is 29.6 Å². The van der Waals surface area contributed by atoms with Crippen LogP contribution in [0.5, 0.6) is 0 Å². The van der Waals surface area contributed by atoms with Gasteiger partial charge in [-0.2, -0.15) is 0 Å². The Labute approximate surface area is 90.2 Å². The average Bonchev–Trinajstić information content (AvgIpc) is 1.88. The summed E-state index contributed by atoms with van der Waals surface area (Å²) < 4.78 is 4.65. The van der Waals surface area contributed by atoms with E-state index >= 15 is 0 Å². The van der Waals surface area contributed by atoms with Crippen LogP contribution >= 0.6 is 0 Å². The van der Waals surface area contributed by atoms with Crippen molar-refractivity contribution in [2.75, 3.05) is 13.2 Å². The van der Waals surface area contributed by atoms with Gasteiger partial charge in [0, 0.05) is 18.6 Å². The van der Waals surface area contributed by atoms with E-state index < -0.39 is 5.97 Å². The predicted molar refractivity (Wildman–Crippen MR) is 38.6 cm³/mol. The second-order valence-electron chi connectivity index (χ2n) is 1.99. The Hall–Kier alpha value is 0.170. The van der Waals surface area contributed by atoms with Crippen LogP contribution in [0, 0.1) is 0 Å². The van der Waals surface area contributed by atoms with E-state index in [1.165, 1.54) is 0 Å². The summed E-state index contributed by atoms with van der Waals surface area (Å²) >= 11 is 0. The van der Waals surface area contributed by atoms with Gasteiger partial charge in [0.2, 0.25) is 0 Å². The van der Waals surface area contributed by atoms with Gasteiger partial charge in [-0.3, -0.25) is 0 Å². The third kappa shape index (κ3) is 8.07. The second-order valence-corrected chi connectivity index (χ2v) is 1.99. The molecule has 0 amide bonds. The molecule has 0 aliphatic rings. The van der Waals surface area contributed by atoms with Crippen LogP contribution in [-0.4, -0.2) is 24.3 Å². The molecule has 0 unspecified atom stereocenters. The number of aliphatic hydroxyl groups excluding tert-OH is 1. The van der Waals surface area contributed by atoms with Gasteiger partial charge in [-0.05, 0) is 6.92 Å². The molecule has 0 bridgehead atoms. The minimum Gasteiger partial charge on any atom is -1.00 e. The summed E-state index contributed by atoms with van der Waals surface area (Å²) in [4.78, 5) is 10.6. The summed E-state index contributed by atoms with van der Waals surface area (Å²) in [5, 5.41) is 8.30. The predicted octanol–water partition coefficient (Wildman–Crippen LogP) is -2.40. The molecule has 11 heavy (non-hydrogen) atoms. The minimum absolute atomic E-state index is 0. The normalized spacial score (nSPS) is 8.18. The van der Waals surface area contributed by atoms with Gasteiger partial charge >= 0.3 is 35.5 Å². The van der Waals surface area contributed by atoms with Gasteiger partial charge < -0.3 is 11.3 Å². The fourth-order valence-electron chi connectivity index (χ4n) is 0.353. The summed E-state index contributed by atoms with van der Waals surface area (Å²) in [6, 6.07) is 0. The summed E-state index contributed by atoms with van der Waals surface area (Å²) in [6.07, 6.45) is 0.485. The summed E-state index contributed by atoms with van der Waals surface area (Å²) in [6.45, 7) is 5.29. The molecule has 0 radical (unpaired) electrons. The van der Waals surface area contributed by atoms with Crippen LogP contribution in [0.2, 0.25) is 0 Å². The first-order chi connectivity index (χ1) is 4.68. The van der Waals surface area contributed by atoms with Crippen LogP contribution in [0.1, 0.15) is 14.8 Å². The number of carbonyl (C=O) groups is 1. The van der Waals surface area contributed by atoms with Gasteiger partial charge in [0.1, 0.15) is 0 Å². The van der Waals surface area contributed by atoms with E-state index in [2.05, 4.69) is 11.3 Å². The van der Waals surface area contributed by atoms with Crippen molar-refractivity contribution in [2.24, 2.45) is 0 Å². The van der Waals surface area contributed by atoms with Crippen molar-refractivity contribution >= 4 is 5.97 Å². The molecule has 0 saturated carbocycles. The largest absolute Gasteiger partial charge is 1.00 e. The van der Waals surface area contributed by atoms with Gasteiger partial charge in [-0.15, -0.1) is 0 Å². The molecule has 0 aliphatic carbocycles. The minimum atomic E-state index is -0.395. The third-order valence-corrected chi connectivity index (χ3v) is 0.884. The quantitative estimate of drug-likeness (QED) is 0.220. The summed E-state index contributed by atoms with van der Waals surface area (Å²) in [5.41, 5.74) is 0.387. The van der Waals surface area contributed by atoms with E-state index in [9.17, 15) is 4.79 Å². The van der Waals surface area contributed by atoms with Crippen molar-refractivity contribution in [3.63, 3.8) is 0 Å². The zero-order valence-electron chi connectivity index (χ0n) is 8.09. The van der Waals surface area contributed by atoms with Crippen molar-refractivity contribution < 1.29 is 45.6 Å². The molecule has 0 heterocycles. The Morgan fingerprint density at radius 1 is 1.73 bits per heavy atom. The van der Waals surface area contributed by atoms with E-state index in [0.717, 1.165) is 0 Å². The smallest absolute Gasteiger partial charge is 1.00 e. The van der Waals surface area contributed by atoms with Crippen molar-refractivity contribution in [1.82, 2.24) is 0 Å². The van der Waals surface area contributed by atoms with Gasteiger partial charge in [0.25, 0.3) is 0 Å². The Kier molecular flexibility index (Phi) is 10.3. The van der Waals surface area contributed by atoms with E-state index in [1.54, 1.807) is 6.92 Å². The topological polar surface area (TPSA) is 46.5 Å². The zero-order valence-corrected chi connectivity index (χ0v) is 9.09. The van der Waals surface area contributed by atoms with E-state index in [0.29, 0.717) is 12.0 Å². The number of esters is 1. The molecule has 0 spiro atoms. The summed E-state index contributed by atoms with van der Waals surface area (Å²) in [7, 11) is 0. The number of hydrogen-bond donors (Lipinski definition) is 1. The zero-order chi connectivity index (χ0) is 7.98. The maximum absolute atomic E-state index is 10.6. The van der Waals surface area contributed by atoms with E-state index in [4.69, 9.17) is 5.11 Å². The number of hydrogen-bond acceptors (Lipinski definition) is 3. The van der Waals surface area contributed by atoms with Crippen molar-refractivity contribution in [3.8, 4) is 0 Å². The van der Waals surface area contributed by atoms with Gasteiger partial charge in [-0.1, -0.05) is 6.58 Å². The van der Waals surface area contributed by atoms with Crippen molar-refractivity contribution in [1.29, 1.82) is 0 Å². The first-order valence-electron chi connectivity index (χ1n) is 3.12. The van der Waals surface area contributed by atoms with Crippen LogP contribution in [0.15, 0.2) is 12.2 Å². The number of aliphatic hydroxyl groups is 1. The fourth-order valence-corrected chi connectivity index (χ4v) is 0.353. The van der Waals surface area contributed by atoms with Gasteiger partial charge in [0.05, 0.1) is 6.61 Å². The first kappa shape index (κ1) is 13.7.